The fraction of sp³-hybridized carbons (Fsp3) is 0.379. The Kier molecular flexibility index (Phi) is 5.56. The van der Waals surface area contributed by atoms with Gasteiger partial charge in [-0.1, -0.05) is 18.2 Å². The second-order valence-corrected chi connectivity index (χ2v) is 10.9. The maximum Gasteiger partial charge on any atom is 0.236 e. The zero-order valence-corrected chi connectivity index (χ0v) is 23.2. The van der Waals surface area contributed by atoms with Crippen molar-refractivity contribution in [1.29, 1.82) is 5.26 Å². The van der Waals surface area contributed by atoms with Gasteiger partial charge < -0.3 is 19.8 Å². The molecule has 0 radical (unpaired) electrons. The van der Waals surface area contributed by atoms with E-state index >= 15 is 4.39 Å². The largest absolute Gasteiger partial charge is 0.389 e. The molecule has 0 aliphatic carbocycles. The lowest BCUT2D eigenvalue weighted by Gasteiger charge is -2.39. The van der Waals surface area contributed by atoms with Gasteiger partial charge in [0.1, 0.15) is 22.5 Å². The Bertz CT molecular complexity index is 1960. The second kappa shape index (κ2) is 11.3. The summed E-state index contributed by atoms with van der Waals surface area (Å²) in [6, 6.07) is 8.86. The molecule has 6 rings (SSSR count). The Labute approximate surface area is 255 Å². The van der Waals surface area contributed by atoms with Gasteiger partial charge in [-0.3, -0.25) is 9.69 Å². The summed E-state index contributed by atoms with van der Waals surface area (Å²) in [5.74, 6) is -1.66. The summed E-state index contributed by atoms with van der Waals surface area (Å²) < 4.78 is 86.9. The lowest BCUT2D eigenvalue weighted by molar-refractivity contribution is -0.142. The zero-order valence-electron chi connectivity index (χ0n) is 29.4. The number of carbonyl (C=O) groups is 1. The van der Waals surface area contributed by atoms with Crippen molar-refractivity contribution in [3.05, 3.63) is 58.7 Å². The molecule has 4 aromatic rings. The number of thiazole rings is 1. The van der Waals surface area contributed by atoms with Crippen molar-refractivity contribution in [1.82, 2.24) is 24.4 Å². The van der Waals surface area contributed by atoms with Gasteiger partial charge in [0.05, 0.1) is 44.2 Å². The molecule has 1 N–H and O–H groups in total. The molecule has 0 spiro atoms. The normalized spacial score (nSPS) is 21.7. The van der Waals surface area contributed by atoms with Crippen molar-refractivity contribution in [3.8, 4) is 17.3 Å². The van der Waals surface area contributed by atoms with E-state index in [0.717, 1.165) is 26.9 Å². The van der Waals surface area contributed by atoms with E-state index in [-0.39, 0.29) is 58.8 Å². The van der Waals surface area contributed by atoms with Crippen LogP contribution in [0.25, 0.3) is 16.8 Å². The molecule has 0 bridgehead atoms. The lowest BCUT2D eigenvalue weighted by Crippen LogP contribution is -2.57. The van der Waals surface area contributed by atoms with Gasteiger partial charge in [-0.15, -0.1) is 0 Å². The highest BCUT2D eigenvalue weighted by atomic mass is 32.1. The number of carbonyl (C=O) groups excluding carboxylic acids is 1. The molecule has 2 fully saturated rings. The van der Waals surface area contributed by atoms with Crippen molar-refractivity contribution in [2.24, 2.45) is 0 Å². The van der Waals surface area contributed by atoms with E-state index in [9.17, 15) is 19.6 Å². The number of nitriles is 1. The first-order valence-electron chi connectivity index (χ1n) is 16.5. The van der Waals surface area contributed by atoms with Gasteiger partial charge in [0.15, 0.2) is 10.9 Å². The smallest absolute Gasteiger partial charge is 0.236 e. The quantitative estimate of drug-likeness (QED) is 0.345. The predicted molar refractivity (Wildman–Crippen MR) is 156 cm³/mol. The predicted octanol–water partition coefficient (Wildman–Crippen LogP) is 3.26. The summed E-state index contributed by atoms with van der Waals surface area (Å²) in [5, 5.41) is 23.9. The van der Waals surface area contributed by atoms with Crippen molar-refractivity contribution >= 4 is 39.3 Å². The molecule has 0 saturated carbocycles. The Hall–Kier alpha value is -4.12. The van der Waals surface area contributed by atoms with Crippen LogP contribution in [0.5, 0.6) is 0 Å². The molecule has 1 amide bonds. The number of benzene rings is 1. The highest BCUT2D eigenvalue weighted by Crippen LogP contribution is 2.39. The Balaban J connectivity index is 1.34. The number of piperazine rings is 1. The Morgan fingerprint density at radius 3 is 2.74 bits per heavy atom. The number of hydrogen-bond acceptors (Lipinski definition) is 9. The number of likely N-dealkylation sites (tertiary alicyclic amines) is 1. The summed E-state index contributed by atoms with van der Waals surface area (Å²) in [6.45, 7) is -4.25. The maximum atomic E-state index is 15.7. The third kappa shape index (κ3) is 5.17. The number of β-amino-alcohol motifs (C(OH)–C–C–N with tert-alkyl or cyclic N) is 1. The number of halogens is 2. The molecule has 2 aliphatic rings. The number of aryl methyl sites for hydroxylation is 1. The number of aliphatic hydroxyl groups excluding tert-OH is 1. The summed E-state index contributed by atoms with van der Waals surface area (Å²) in [4.78, 5) is 23.3. The minimum Gasteiger partial charge on any atom is -0.389 e. The van der Waals surface area contributed by atoms with Crippen LogP contribution in [0, 0.1) is 23.0 Å². The van der Waals surface area contributed by atoms with Gasteiger partial charge in [0.25, 0.3) is 0 Å². The van der Waals surface area contributed by atoms with Crippen molar-refractivity contribution < 1.29 is 28.3 Å². The lowest BCUT2D eigenvalue weighted by atomic mass is 10.1. The number of aromatic nitrogens is 3. The number of pyridine rings is 1. The summed E-state index contributed by atoms with van der Waals surface area (Å²) in [7, 11) is 1.50. The standard InChI is InChI=1S/C29H30F2N8O2S/c1-3-22-28(35(2)29-33-27(25(13-32)42-29)18-4-6-19(30)7-5-18)24-12-23(21(31)16-39(24)34-22)37-10-8-36(9-11-37)17-26(41)38-14-20(40)15-38/h4-7,12,16,20,40H,3,8-11,14-15,17H2,1-2H3/i1D3,3D2,14D2. The van der Waals surface area contributed by atoms with Crippen LogP contribution in [0.2, 0.25) is 0 Å². The molecule has 3 aromatic heterocycles. The van der Waals surface area contributed by atoms with Crippen LogP contribution in [0.3, 0.4) is 0 Å². The summed E-state index contributed by atoms with van der Waals surface area (Å²) in [5.41, 5.74) is 0.480. The summed E-state index contributed by atoms with van der Waals surface area (Å²) >= 11 is 0.950. The van der Waals surface area contributed by atoms with E-state index in [1.165, 1.54) is 42.3 Å². The SMILES string of the molecule is [2H]C1([2H])C(O)CN1C(=O)CN1CCN(c2cc3c(N(C)c4nc(-c5ccc(F)cc5)c(C#N)s4)c(C([2H])([2H])C([2H])([2H])[2H])nn3cc2F)CC1. The van der Waals surface area contributed by atoms with Gasteiger partial charge in [-0.25, -0.2) is 18.3 Å². The van der Waals surface area contributed by atoms with Crippen molar-refractivity contribution in [3.63, 3.8) is 0 Å². The van der Waals surface area contributed by atoms with Crippen LogP contribution in [-0.4, -0.2) is 94.3 Å². The number of nitrogens with zero attached hydrogens (tertiary/aromatic N) is 8. The number of hydrogen-bond donors (Lipinski definition) is 1. The fourth-order valence-electron chi connectivity index (χ4n) is 5.06. The minimum atomic E-state index is -3.16. The van der Waals surface area contributed by atoms with Crippen molar-refractivity contribution in [2.75, 3.05) is 62.6 Å². The third-order valence-electron chi connectivity index (χ3n) is 7.28. The molecule has 13 heteroatoms. The van der Waals surface area contributed by atoms with Crippen LogP contribution in [-0.2, 0) is 11.2 Å². The molecule has 10 nitrogen and oxygen atoms in total. The number of amides is 1. The van der Waals surface area contributed by atoms with Crippen LogP contribution in [0.4, 0.5) is 25.3 Å². The third-order valence-corrected chi connectivity index (χ3v) is 8.32. The van der Waals surface area contributed by atoms with E-state index in [4.69, 9.17) is 9.60 Å². The van der Waals surface area contributed by atoms with E-state index < -0.39 is 49.1 Å². The van der Waals surface area contributed by atoms with Crippen LogP contribution < -0.4 is 9.80 Å². The minimum absolute atomic E-state index is 0.0125. The van der Waals surface area contributed by atoms with Crippen LogP contribution in [0.15, 0.2) is 36.5 Å². The molecular weight excluding hydrogens is 562 g/mol. The van der Waals surface area contributed by atoms with E-state index in [1.807, 2.05) is 0 Å². The van der Waals surface area contributed by atoms with Gasteiger partial charge in [-0.2, -0.15) is 10.4 Å². The summed E-state index contributed by atoms with van der Waals surface area (Å²) in [6.07, 6.45) is -3.20. The van der Waals surface area contributed by atoms with E-state index in [1.54, 1.807) is 9.80 Å². The number of rotatable bonds is 7. The fourth-order valence-corrected chi connectivity index (χ4v) is 5.91. The highest BCUT2D eigenvalue weighted by Gasteiger charge is 2.31. The molecular formula is C29H30F2N8O2S. The molecule has 5 heterocycles. The number of fused-ring (bicyclic) bond motifs is 1. The maximum absolute atomic E-state index is 15.7. The Morgan fingerprint density at radius 1 is 1.31 bits per heavy atom. The molecule has 1 unspecified atom stereocenters. The van der Waals surface area contributed by atoms with Crippen molar-refractivity contribution in [2.45, 2.75) is 19.3 Å². The topological polar surface area (TPSA) is 104 Å². The molecule has 218 valence electrons. The van der Waals surface area contributed by atoms with Crippen LogP contribution >= 0.6 is 11.3 Å². The Morgan fingerprint density at radius 2 is 2.07 bits per heavy atom. The number of anilines is 3. The highest BCUT2D eigenvalue weighted by molar-refractivity contribution is 7.16. The number of aliphatic hydroxyl groups is 1. The molecule has 2 saturated heterocycles. The van der Waals surface area contributed by atoms with Gasteiger partial charge in [0.2, 0.25) is 5.91 Å². The van der Waals surface area contributed by atoms with Crippen LogP contribution in [0.1, 0.15) is 27.0 Å². The average molecular weight is 600 g/mol. The van der Waals surface area contributed by atoms with Gasteiger partial charge >= 0.3 is 0 Å². The zero-order chi connectivity index (χ0) is 35.6. The first kappa shape index (κ1) is 20.7. The molecule has 1 aromatic carbocycles. The second-order valence-electron chi connectivity index (χ2n) is 9.92. The van der Waals surface area contributed by atoms with E-state index in [0.29, 0.717) is 18.7 Å². The molecule has 1 atom stereocenters. The monoisotopic (exact) mass is 599 g/mol. The molecule has 2 aliphatic heterocycles. The van der Waals surface area contributed by atoms with Gasteiger partial charge in [0, 0.05) is 58.7 Å². The average Bonchev–Trinajstić information content (AvgIpc) is 3.65. The van der Waals surface area contributed by atoms with E-state index in [2.05, 4.69) is 16.2 Å². The van der Waals surface area contributed by atoms with Gasteiger partial charge in [-0.05, 0) is 36.7 Å². The first-order valence-corrected chi connectivity index (χ1v) is 13.8. The molecule has 42 heavy (non-hydrogen) atoms. The first-order chi connectivity index (χ1) is 22.9.